The summed E-state index contributed by atoms with van der Waals surface area (Å²) < 4.78 is 0. The van der Waals surface area contributed by atoms with Crippen LogP contribution in [0.5, 0.6) is 0 Å². The second kappa shape index (κ2) is 6.69. The van der Waals surface area contributed by atoms with E-state index in [1.807, 2.05) is 24.3 Å². The average Bonchev–Trinajstić information content (AvgIpc) is 3.17. The van der Waals surface area contributed by atoms with E-state index in [9.17, 15) is 9.59 Å². The highest BCUT2D eigenvalue weighted by Gasteiger charge is 2.32. The molecule has 2 aliphatic rings. The Morgan fingerprint density at radius 1 is 1.18 bits per heavy atom. The summed E-state index contributed by atoms with van der Waals surface area (Å²) in [4.78, 5) is 23.7. The molecule has 0 aromatic heterocycles. The first-order valence-corrected chi connectivity index (χ1v) is 8.36. The molecule has 1 saturated heterocycles. The Morgan fingerprint density at radius 2 is 1.86 bits per heavy atom. The summed E-state index contributed by atoms with van der Waals surface area (Å²) in [6.07, 6.45) is 5.71. The number of carbonyl (C=O) groups excluding carboxylic acids is 2. The van der Waals surface area contributed by atoms with Crippen LogP contribution in [-0.2, 0) is 9.59 Å². The highest BCUT2D eigenvalue weighted by Crippen LogP contribution is 2.36. The molecule has 5 heteroatoms. The first kappa shape index (κ1) is 15.3. The third-order valence-electron chi connectivity index (χ3n) is 4.71. The fourth-order valence-corrected chi connectivity index (χ4v) is 3.62. The van der Waals surface area contributed by atoms with E-state index in [2.05, 4.69) is 10.6 Å². The molecule has 3 rings (SSSR count). The summed E-state index contributed by atoms with van der Waals surface area (Å²) in [5.41, 5.74) is 1.09. The van der Waals surface area contributed by atoms with Crippen molar-refractivity contribution in [3.8, 4) is 0 Å². The standard InChI is InChI=1S/C17H21ClN2O2/c18-13-7-5-12(6-8-13)16(11-3-1-2-4-11)20-17(22)14-9-10-15(21)19-14/h5-8,11,14,16H,1-4,9-10H2,(H,19,21)(H,20,22)/t14-,16+/m0/s1. The molecule has 2 fully saturated rings. The molecule has 0 unspecified atom stereocenters. The van der Waals surface area contributed by atoms with Crippen LogP contribution < -0.4 is 10.6 Å². The summed E-state index contributed by atoms with van der Waals surface area (Å²) in [6.45, 7) is 0. The molecular formula is C17H21ClN2O2. The second-order valence-corrected chi connectivity index (χ2v) is 6.68. The fraction of sp³-hybridized carbons (Fsp3) is 0.529. The van der Waals surface area contributed by atoms with Crippen molar-refractivity contribution < 1.29 is 9.59 Å². The topological polar surface area (TPSA) is 58.2 Å². The Hall–Kier alpha value is -1.55. The van der Waals surface area contributed by atoms with E-state index < -0.39 is 0 Å². The lowest BCUT2D eigenvalue weighted by molar-refractivity contribution is -0.126. The van der Waals surface area contributed by atoms with E-state index in [-0.39, 0.29) is 23.9 Å². The zero-order valence-corrected chi connectivity index (χ0v) is 13.2. The van der Waals surface area contributed by atoms with Gasteiger partial charge in [0.05, 0.1) is 6.04 Å². The van der Waals surface area contributed by atoms with Crippen molar-refractivity contribution >= 4 is 23.4 Å². The van der Waals surface area contributed by atoms with Crippen molar-refractivity contribution in [3.63, 3.8) is 0 Å². The number of hydrogen-bond donors (Lipinski definition) is 2. The number of halogens is 1. The summed E-state index contributed by atoms with van der Waals surface area (Å²) in [7, 11) is 0. The lowest BCUT2D eigenvalue weighted by atomic mass is 9.91. The lowest BCUT2D eigenvalue weighted by Gasteiger charge is -2.26. The van der Waals surface area contributed by atoms with Crippen molar-refractivity contribution in [1.82, 2.24) is 10.6 Å². The van der Waals surface area contributed by atoms with E-state index in [1.165, 1.54) is 12.8 Å². The number of nitrogens with one attached hydrogen (secondary N) is 2. The molecule has 2 N–H and O–H groups in total. The molecule has 2 amide bonds. The Morgan fingerprint density at radius 3 is 2.45 bits per heavy atom. The predicted octanol–water partition coefficient (Wildman–Crippen LogP) is 2.97. The Labute approximate surface area is 135 Å². The number of amides is 2. The molecule has 4 nitrogen and oxygen atoms in total. The Kier molecular flexibility index (Phi) is 4.67. The largest absolute Gasteiger partial charge is 0.347 e. The molecule has 22 heavy (non-hydrogen) atoms. The summed E-state index contributed by atoms with van der Waals surface area (Å²) >= 11 is 5.97. The fourth-order valence-electron chi connectivity index (χ4n) is 3.50. The molecule has 2 atom stereocenters. The molecule has 1 aliphatic carbocycles. The van der Waals surface area contributed by atoms with Gasteiger partial charge in [0.25, 0.3) is 0 Å². The maximum absolute atomic E-state index is 12.4. The van der Waals surface area contributed by atoms with Gasteiger partial charge < -0.3 is 10.6 Å². The normalized spacial score (nSPS) is 23.3. The van der Waals surface area contributed by atoms with E-state index in [0.29, 0.717) is 23.8 Å². The first-order chi connectivity index (χ1) is 10.6. The van der Waals surface area contributed by atoms with Crippen LogP contribution in [0.1, 0.15) is 50.1 Å². The molecule has 1 aromatic carbocycles. The predicted molar refractivity (Wildman–Crippen MR) is 85.5 cm³/mol. The second-order valence-electron chi connectivity index (χ2n) is 6.24. The number of benzene rings is 1. The van der Waals surface area contributed by atoms with Crippen LogP contribution in [0.15, 0.2) is 24.3 Å². The monoisotopic (exact) mass is 320 g/mol. The van der Waals surface area contributed by atoms with Crippen LogP contribution >= 0.6 is 11.6 Å². The van der Waals surface area contributed by atoms with E-state index in [0.717, 1.165) is 18.4 Å². The number of carbonyl (C=O) groups is 2. The summed E-state index contributed by atoms with van der Waals surface area (Å²) in [5.74, 6) is 0.351. The Balaban J connectivity index is 1.74. The first-order valence-electron chi connectivity index (χ1n) is 7.98. The van der Waals surface area contributed by atoms with Crippen molar-refractivity contribution in [2.24, 2.45) is 5.92 Å². The van der Waals surface area contributed by atoms with E-state index in [1.54, 1.807) is 0 Å². The highest BCUT2D eigenvalue weighted by atomic mass is 35.5. The summed E-state index contributed by atoms with van der Waals surface area (Å²) in [6, 6.07) is 7.32. The van der Waals surface area contributed by atoms with Crippen molar-refractivity contribution in [2.75, 3.05) is 0 Å². The van der Waals surface area contributed by atoms with E-state index in [4.69, 9.17) is 11.6 Å². The maximum Gasteiger partial charge on any atom is 0.243 e. The van der Waals surface area contributed by atoms with Gasteiger partial charge in [-0.3, -0.25) is 9.59 Å². The minimum absolute atomic E-state index is 0.00442. The molecule has 1 aromatic rings. The van der Waals surface area contributed by atoms with Gasteiger partial charge in [-0.15, -0.1) is 0 Å². The van der Waals surface area contributed by atoms with Crippen molar-refractivity contribution in [1.29, 1.82) is 0 Å². The van der Waals surface area contributed by atoms with E-state index >= 15 is 0 Å². The number of rotatable bonds is 4. The van der Waals surface area contributed by atoms with Gasteiger partial charge in [-0.05, 0) is 42.9 Å². The van der Waals surface area contributed by atoms with Crippen LogP contribution in [0.4, 0.5) is 0 Å². The zero-order valence-electron chi connectivity index (χ0n) is 12.5. The minimum Gasteiger partial charge on any atom is -0.347 e. The van der Waals surface area contributed by atoms with Crippen molar-refractivity contribution in [2.45, 2.75) is 50.6 Å². The van der Waals surface area contributed by atoms with Gasteiger partial charge in [0, 0.05) is 11.4 Å². The molecular weight excluding hydrogens is 300 g/mol. The highest BCUT2D eigenvalue weighted by molar-refractivity contribution is 6.30. The smallest absolute Gasteiger partial charge is 0.243 e. The third kappa shape index (κ3) is 3.43. The molecule has 0 spiro atoms. The lowest BCUT2D eigenvalue weighted by Crippen LogP contribution is -2.44. The molecule has 1 aliphatic heterocycles. The van der Waals surface area contributed by atoms with Gasteiger partial charge in [-0.25, -0.2) is 0 Å². The molecule has 118 valence electrons. The Bertz CT molecular complexity index is 552. The zero-order chi connectivity index (χ0) is 15.5. The van der Waals surface area contributed by atoms with Gasteiger partial charge >= 0.3 is 0 Å². The van der Waals surface area contributed by atoms with Crippen molar-refractivity contribution in [3.05, 3.63) is 34.9 Å². The van der Waals surface area contributed by atoms with Gasteiger partial charge in [0.2, 0.25) is 11.8 Å². The molecule has 0 bridgehead atoms. The average molecular weight is 321 g/mol. The van der Waals surface area contributed by atoms with Crippen LogP contribution in [0.2, 0.25) is 5.02 Å². The van der Waals surface area contributed by atoms with Gasteiger partial charge in [0.1, 0.15) is 6.04 Å². The van der Waals surface area contributed by atoms with Crippen LogP contribution in [0, 0.1) is 5.92 Å². The SMILES string of the molecule is O=C1CC[C@@H](C(=O)N[C@@H](c2ccc(Cl)cc2)C2CCCC2)N1. The third-order valence-corrected chi connectivity index (χ3v) is 4.96. The van der Waals surface area contributed by atoms with Crippen LogP contribution in [0.25, 0.3) is 0 Å². The van der Waals surface area contributed by atoms with Gasteiger partial charge in [-0.2, -0.15) is 0 Å². The minimum atomic E-state index is -0.385. The number of hydrogen-bond acceptors (Lipinski definition) is 2. The quantitative estimate of drug-likeness (QED) is 0.896. The van der Waals surface area contributed by atoms with Gasteiger partial charge in [0.15, 0.2) is 0 Å². The van der Waals surface area contributed by atoms with Gasteiger partial charge in [-0.1, -0.05) is 36.6 Å². The molecule has 0 radical (unpaired) electrons. The molecule has 1 saturated carbocycles. The maximum atomic E-state index is 12.4. The van der Waals surface area contributed by atoms with Crippen LogP contribution in [0.3, 0.4) is 0 Å². The summed E-state index contributed by atoms with van der Waals surface area (Å²) in [5, 5.41) is 6.60. The molecule has 1 heterocycles. The van der Waals surface area contributed by atoms with Crippen LogP contribution in [-0.4, -0.2) is 17.9 Å².